The molecule has 3 aromatic rings. The van der Waals surface area contributed by atoms with E-state index in [-0.39, 0.29) is 49.2 Å². The predicted molar refractivity (Wildman–Crippen MR) is 131 cm³/mol. The Morgan fingerprint density at radius 1 is 1.22 bits per heavy atom. The lowest BCUT2D eigenvalue weighted by atomic mass is 10.0. The van der Waals surface area contributed by atoms with Crippen LogP contribution in [0.5, 0.6) is 0 Å². The lowest BCUT2D eigenvalue weighted by Gasteiger charge is -2.27. The van der Waals surface area contributed by atoms with Gasteiger partial charge in [0.25, 0.3) is 5.56 Å². The highest BCUT2D eigenvalue weighted by Crippen LogP contribution is 2.31. The first kappa shape index (κ1) is 26.1. The van der Waals surface area contributed by atoms with Gasteiger partial charge in [0, 0.05) is 44.8 Å². The number of fused-ring (bicyclic) bond motifs is 1. The number of benzene rings is 1. The number of aryl methyl sites for hydroxylation is 1. The molecule has 0 radical (unpaired) electrons. The number of pyridine rings is 1. The van der Waals surface area contributed by atoms with E-state index in [1.165, 1.54) is 19.3 Å². The Morgan fingerprint density at radius 2 is 1.97 bits per heavy atom. The number of nitrogens with one attached hydrogen (secondary N) is 3. The Hall–Kier alpha value is -2.94. The minimum Gasteiger partial charge on any atom is -0.349 e. The monoisotopic (exact) mass is 545 g/mol. The standard InChI is InChI=1S/C21H22F3N7O3S.ClH/c1-30-19-11(7-26-21(28-19)27-13-8-25-9-13)6-14(20(30)32)17-15(23)2-3-16(18(17)24)29-35(33,34)31-5-4-12(22)10-31;/h2-3,6-7,12-13,25,29H,4-5,8-10H2,1H3,(H,26,27,28);1H. The average molecular weight is 546 g/mol. The zero-order valence-corrected chi connectivity index (χ0v) is 20.6. The van der Waals surface area contributed by atoms with Crippen LogP contribution in [0, 0.1) is 11.6 Å². The summed E-state index contributed by atoms with van der Waals surface area (Å²) in [5.41, 5.74) is -2.05. The summed E-state index contributed by atoms with van der Waals surface area (Å²) in [5.74, 6) is -2.00. The van der Waals surface area contributed by atoms with Gasteiger partial charge in [-0.15, -0.1) is 12.4 Å². The largest absolute Gasteiger partial charge is 0.349 e. The Balaban J connectivity index is 0.00000304. The second kappa shape index (κ2) is 9.84. The summed E-state index contributed by atoms with van der Waals surface area (Å²) in [5, 5.41) is 6.59. The third kappa shape index (κ3) is 4.73. The number of anilines is 2. The van der Waals surface area contributed by atoms with Crippen molar-refractivity contribution in [2.75, 3.05) is 36.2 Å². The van der Waals surface area contributed by atoms with Crippen molar-refractivity contribution in [1.29, 1.82) is 0 Å². The maximum absolute atomic E-state index is 15.4. The first-order valence-electron chi connectivity index (χ1n) is 10.9. The SMILES string of the molecule is Cl.Cn1c(=O)c(-c2c(F)ccc(NS(=O)(=O)N3CCC(F)C3)c2F)cc2cnc(NC3CNC3)nc21. The molecule has 1 unspecified atom stereocenters. The van der Waals surface area contributed by atoms with Crippen LogP contribution in [0.25, 0.3) is 22.2 Å². The van der Waals surface area contributed by atoms with E-state index in [0.717, 1.165) is 34.1 Å². The first-order valence-corrected chi connectivity index (χ1v) is 12.3. The third-order valence-electron chi connectivity index (χ3n) is 6.10. The van der Waals surface area contributed by atoms with E-state index in [1.807, 2.05) is 4.72 Å². The minimum atomic E-state index is -4.28. The van der Waals surface area contributed by atoms with Gasteiger partial charge in [0.1, 0.15) is 17.6 Å². The molecule has 0 saturated carbocycles. The summed E-state index contributed by atoms with van der Waals surface area (Å²) in [6, 6.07) is 3.20. The van der Waals surface area contributed by atoms with Gasteiger partial charge in [-0.25, -0.2) is 18.2 Å². The molecular formula is C21H23ClF3N7O3S. The molecule has 2 aliphatic heterocycles. The van der Waals surface area contributed by atoms with Gasteiger partial charge >= 0.3 is 10.2 Å². The summed E-state index contributed by atoms with van der Waals surface area (Å²) in [4.78, 5) is 21.6. The maximum Gasteiger partial charge on any atom is 0.301 e. The van der Waals surface area contributed by atoms with Crippen LogP contribution >= 0.6 is 12.4 Å². The van der Waals surface area contributed by atoms with Crippen LogP contribution in [0.1, 0.15) is 6.42 Å². The topological polar surface area (TPSA) is 121 Å². The van der Waals surface area contributed by atoms with Crippen molar-refractivity contribution in [2.45, 2.75) is 18.6 Å². The highest BCUT2D eigenvalue weighted by Gasteiger charge is 2.32. The van der Waals surface area contributed by atoms with Crippen LogP contribution in [0.2, 0.25) is 0 Å². The van der Waals surface area contributed by atoms with Crippen LogP contribution in [-0.4, -0.2) is 65.7 Å². The fourth-order valence-corrected chi connectivity index (χ4v) is 5.32. The summed E-state index contributed by atoms with van der Waals surface area (Å²) >= 11 is 0. The highest BCUT2D eigenvalue weighted by molar-refractivity contribution is 7.90. The Morgan fingerprint density at radius 3 is 2.61 bits per heavy atom. The van der Waals surface area contributed by atoms with Crippen LogP contribution in [-0.2, 0) is 17.3 Å². The van der Waals surface area contributed by atoms with Crippen LogP contribution < -0.4 is 20.9 Å². The zero-order valence-electron chi connectivity index (χ0n) is 19.0. The van der Waals surface area contributed by atoms with Crippen molar-refractivity contribution >= 4 is 45.3 Å². The number of hydrogen-bond donors (Lipinski definition) is 3. The molecule has 1 aromatic carbocycles. The molecule has 0 aliphatic carbocycles. The van der Waals surface area contributed by atoms with Crippen molar-refractivity contribution in [2.24, 2.45) is 7.05 Å². The van der Waals surface area contributed by atoms with E-state index < -0.39 is 44.8 Å². The van der Waals surface area contributed by atoms with Crippen molar-refractivity contribution < 1.29 is 21.6 Å². The molecule has 1 atom stereocenters. The molecule has 3 N–H and O–H groups in total. The van der Waals surface area contributed by atoms with Gasteiger partial charge < -0.3 is 10.6 Å². The van der Waals surface area contributed by atoms with E-state index in [4.69, 9.17) is 0 Å². The zero-order chi connectivity index (χ0) is 24.9. The molecule has 0 bridgehead atoms. The molecular weight excluding hydrogens is 523 g/mol. The Bertz CT molecular complexity index is 1480. The smallest absolute Gasteiger partial charge is 0.301 e. The lowest BCUT2D eigenvalue weighted by Crippen LogP contribution is -2.51. The fourth-order valence-electron chi connectivity index (χ4n) is 4.06. The van der Waals surface area contributed by atoms with E-state index in [2.05, 4.69) is 20.6 Å². The second-order valence-corrected chi connectivity index (χ2v) is 10.2. The molecule has 0 amide bonds. The number of alkyl halides is 1. The van der Waals surface area contributed by atoms with Gasteiger partial charge in [-0.1, -0.05) is 0 Å². The van der Waals surface area contributed by atoms with E-state index in [0.29, 0.717) is 11.3 Å². The number of rotatable bonds is 6. The minimum absolute atomic E-state index is 0. The number of aromatic nitrogens is 3. The molecule has 2 fully saturated rings. The molecule has 4 heterocycles. The maximum atomic E-state index is 15.4. The van der Waals surface area contributed by atoms with E-state index >= 15 is 4.39 Å². The van der Waals surface area contributed by atoms with Gasteiger partial charge in [0.15, 0.2) is 5.82 Å². The van der Waals surface area contributed by atoms with Crippen LogP contribution in [0.15, 0.2) is 29.2 Å². The number of halogens is 4. The predicted octanol–water partition coefficient (Wildman–Crippen LogP) is 1.78. The van der Waals surface area contributed by atoms with Gasteiger partial charge in [-0.3, -0.25) is 14.1 Å². The van der Waals surface area contributed by atoms with Crippen molar-refractivity contribution in [3.63, 3.8) is 0 Å². The summed E-state index contributed by atoms with van der Waals surface area (Å²) in [7, 11) is -2.86. The van der Waals surface area contributed by atoms with Gasteiger partial charge in [0.2, 0.25) is 5.95 Å². The van der Waals surface area contributed by atoms with E-state index in [1.54, 1.807) is 0 Å². The molecule has 2 saturated heterocycles. The van der Waals surface area contributed by atoms with Crippen LogP contribution in [0.3, 0.4) is 0 Å². The fraction of sp³-hybridized carbons (Fsp3) is 0.381. The Labute approximate surface area is 210 Å². The molecule has 5 rings (SSSR count). The van der Waals surface area contributed by atoms with E-state index in [9.17, 15) is 22.0 Å². The van der Waals surface area contributed by atoms with Gasteiger partial charge in [-0.2, -0.15) is 17.7 Å². The van der Waals surface area contributed by atoms with Crippen molar-refractivity contribution in [3.8, 4) is 11.1 Å². The number of hydrogen-bond acceptors (Lipinski definition) is 7. The molecule has 2 aromatic heterocycles. The summed E-state index contributed by atoms with van der Waals surface area (Å²) in [6.45, 7) is 1.09. The molecule has 15 heteroatoms. The molecule has 2 aliphatic rings. The summed E-state index contributed by atoms with van der Waals surface area (Å²) < 4.78 is 72.8. The van der Waals surface area contributed by atoms with Gasteiger partial charge in [0.05, 0.1) is 22.9 Å². The van der Waals surface area contributed by atoms with Crippen molar-refractivity contribution in [3.05, 3.63) is 46.4 Å². The quantitative estimate of drug-likeness (QED) is 0.432. The Kier molecular flexibility index (Phi) is 7.14. The molecule has 36 heavy (non-hydrogen) atoms. The number of nitrogens with zero attached hydrogens (tertiary/aromatic N) is 4. The first-order chi connectivity index (χ1) is 16.6. The second-order valence-electron chi connectivity index (χ2n) is 8.53. The highest BCUT2D eigenvalue weighted by atomic mass is 35.5. The molecule has 194 valence electrons. The molecule has 10 nitrogen and oxygen atoms in total. The summed E-state index contributed by atoms with van der Waals surface area (Å²) in [6.07, 6.45) is 0.148. The van der Waals surface area contributed by atoms with Crippen LogP contribution in [0.4, 0.5) is 24.8 Å². The lowest BCUT2D eigenvalue weighted by molar-refractivity contribution is 0.343. The normalized spacial score (nSPS) is 18.6. The van der Waals surface area contributed by atoms with Gasteiger partial charge in [-0.05, 0) is 24.6 Å². The average Bonchev–Trinajstić information content (AvgIpc) is 3.24. The molecule has 0 spiro atoms. The van der Waals surface area contributed by atoms with Crippen molar-refractivity contribution in [1.82, 2.24) is 24.2 Å². The third-order valence-corrected chi connectivity index (χ3v) is 7.59.